The molecule has 0 aromatic heterocycles. The first-order chi connectivity index (χ1) is 15.3. The molecule has 0 saturated heterocycles. The topological polar surface area (TPSA) is 289 Å². The van der Waals surface area contributed by atoms with Crippen LogP contribution >= 0.6 is 0 Å². The molecule has 4 unspecified atom stereocenters. The second-order valence-corrected chi connectivity index (χ2v) is 6.85. The SMILES string of the molecule is NC(=O)CCC(NC(=O)C(CO)NC(=O)C(CC(=O)O)NC(=O)C(N)CCC(=O)O)C(=O)O. The van der Waals surface area contributed by atoms with Crippen molar-refractivity contribution in [3.05, 3.63) is 0 Å². The molecular weight excluding hydrogens is 450 g/mol. The van der Waals surface area contributed by atoms with Gasteiger partial charge in [-0.1, -0.05) is 0 Å². The number of amides is 4. The molecule has 0 aromatic carbocycles. The van der Waals surface area contributed by atoms with Crippen LogP contribution in [0.3, 0.4) is 0 Å². The molecule has 16 heteroatoms. The van der Waals surface area contributed by atoms with Gasteiger partial charge in [0.05, 0.1) is 19.1 Å². The van der Waals surface area contributed by atoms with E-state index < -0.39 is 85.2 Å². The number of carbonyl (C=O) groups is 7. The predicted molar refractivity (Wildman–Crippen MR) is 106 cm³/mol. The predicted octanol–water partition coefficient (Wildman–Crippen LogP) is -4.55. The monoisotopic (exact) mass is 477 g/mol. The molecule has 0 aromatic rings. The van der Waals surface area contributed by atoms with Gasteiger partial charge in [0.2, 0.25) is 23.6 Å². The molecule has 0 heterocycles. The Hall–Kier alpha value is -3.79. The Bertz CT molecular complexity index is 772. The average molecular weight is 477 g/mol. The first kappa shape index (κ1) is 29.2. The normalized spacial score (nSPS) is 14.1. The lowest BCUT2D eigenvalue weighted by atomic mass is 10.1. The minimum absolute atomic E-state index is 0.299. The van der Waals surface area contributed by atoms with Crippen LogP contribution in [0.1, 0.15) is 32.1 Å². The molecule has 33 heavy (non-hydrogen) atoms. The summed E-state index contributed by atoms with van der Waals surface area (Å²) in [7, 11) is 0. The van der Waals surface area contributed by atoms with Crippen LogP contribution in [0.2, 0.25) is 0 Å². The summed E-state index contributed by atoms with van der Waals surface area (Å²) in [4.78, 5) is 80.4. The van der Waals surface area contributed by atoms with E-state index in [1.54, 1.807) is 0 Å². The van der Waals surface area contributed by atoms with Crippen molar-refractivity contribution in [1.82, 2.24) is 16.0 Å². The molecule has 11 N–H and O–H groups in total. The Morgan fingerprint density at radius 3 is 1.67 bits per heavy atom. The largest absolute Gasteiger partial charge is 0.481 e. The van der Waals surface area contributed by atoms with Gasteiger partial charge in [-0.2, -0.15) is 0 Å². The van der Waals surface area contributed by atoms with Gasteiger partial charge >= 0.3 is 17.9 Å². The number of nitrogens with one attached hydrogen (secondary N) is 3. The van der Waals surface area contributed by atoms with Gasteiger partial charge in [0.15, 0.2) is 0 Å². The number of carboxylic acid groups (broad SMARTS) is 3. The zero-order valence-corrected chi connectivity index (χ0v) is 17.4. The highest BCUT2D eigenvalue weighted by Gasteiger charge is 2.31. The second kappa shape index (κ2) is 14.3. The minimum Gasteiger partial charge on any atom is -0.481 e. The summed E-state index contributed by atoms with van der Waals surface area (Å²) in [6.45, 7) is -1.02. The van der Waals surface area contributed by atoms with E-state index in [0.29, 0.717) is 0 Å². The molecule has 0 rings (SSSR count). The lowest BCUT2D eigenvalue weighted by Crippen LogP contribution is -2.58. The first-order valence-corrected chi connectivity index (χ1v) is 9.50. The number of aliphatic hydroxyl groups is 1. The summed E-state index contributed by atoms with van der Waals surface area (Å²) in [5.74, 6) is -8.49. The lowest BCUT2D eigenvalue weighted by Gasteiger charge is -2.23. The molecule has 4 atom stereocenters. The van der Waals surface area contributed by atoms with Gasteiger partial charge in [0.1, 0.15) is 18.1 Å². The van der Waals surface area contributed by atoms with Crippen LogP contribution in [0, 0.1) is 0 Å². The van der Waals surface area contributed by atoms with E-state index in [1.165, 1.54) is 0 Å². The van der Waals surface area contributed by atoms with Crippen LogP contribution < -0.4 is 27.4 Å². The molecule has 0 fully saturated rings. The standard InChI is InChI=1S/C17H27N5O11/c18-7(1-4-12(25)26)14(29)21-9(5-13(27)28)15(30)22-10(6-23)16(31)20-8(17(32)33)2-3-11(19)24/h7-10,23H,1-6,18H2,(H2,19,24)(H,20,31)(H,21,29)(H,22,30)(H,25,26)(H,27,28)(H,32,33). The number of carboxylic acids is 3. The molecule has 16 nitrogen and oxygen atoms in total. The molecule has 4 amide bonds. The van der Waals surface area contributed by atoms with E-state index in [0.717, 1.165) is 0 Å². The number of nitrogens with two attached hydrogens (primary N) is 2. The minimum atomic E-state index is -1.75. The van der Waals surface area contributed by atoms with Crippen LogP contribution in [-0.2, 0) is 33.6 Å². The molecule has 0 aliphatic heterocycles. The zero-order valence-electron chi connectivity index (χ0n) is 17.4. The van der Waals surface area contributed by atoms with Crippen molar-refractivity contribution in [2.45, 2.75) is 56.3 Å². The third kappa shape index (κ3) is 12.0. The fraction of sp³-hybridized carbons (Fsp3) is 0.588. The van der Waals surface area contributed by atoms with Crippen LogP contribution in [0.15, 0.2) is 0 Å². The number of carbonyl (C=O) groups excluding carboxylic acids is 4. The first-order valence-electron chi connectivity index (χ1n) is 9.50. The molecule has 0 radical (unpaired) electrons. The Morgan fingerprint density at radius 1 is 0.697 bits per heavy atom. The molecule has 186 valence electrons. The van der Waals surface area contributed by atoms with Gasteiger partial charge in [0, 0.05) is 12.8 Å². The number of primary amides is 1. The van der Waals surface area contributed by atoms with Crippen molar-refractivity contribution in [3.63, 3.8) is 0 Å². The van der Waals surface area contributed by atoms with Crippen molar-refractivity contribution < 1.29 is 54.0 Å². The summed E-state index contributed by atoms with van der Waals surface area (Å²) in [6.07, 6.45) is -2.44. The smallest absolute Gasteiger partial charge is 0.326 e. The Balaban J connectivity index is 5.24. The van der Waals surface area contributed by atoms with Crippen LogP contribution in [0.25, 0.3) is 0 Å². The van der Waals surface area contributed by atoms with E-state index in [2.05, 4.69) is 0 Å². The number of aliphatic hydroxyl groups excluding tert-OH is 1. The number of hydrogen-bond acceptors (Lipinski definition) is 9. The highest BCUT2D eigenvalue weighted by Crippen LogP contribution is 2.02. The Labute approximate surface area is 186 Å². The quantitative estimate of drug-likeness (QED) is 0.101. The maximum absolute atomic E-state index is 12.4. The van der Waals surface area contributed by atoms with E-state index >= 15 is 0 Å². The van der Waals surface area contributed by atoms with E-state index in [1.807, 2.05) is 16.0 Å². The summed E-state index contributed by atoms with van der Waals surface area (Å²) in [5, 5.41) is 42.1. The summed E-state index contributed by atoms with van der Waals surface area (Å²) in [5.41, 5.74) is 10.4. The highest BCUT2D eigenvalue weighted by atomic mass is 16.4. The van der Waals surface area contributed by atoms with Crippen LogP contribution in [0.5, 0.6) is 0 Å². The van der Waals surface area contributed by atoms with Crippen molar-refractivity contribution in [1.29, 1.82) is 0 Å². The Kier molecular flexibility index (Phi) is 12.7. The third-order valence-corrected chi connectivity index (χ3v) is 4.13. The fourth-order valence-corrected chi connectivity index (χ4v) is 2.36. The van der Waals surface area contributed by atoms with Crippen molar-refractivity contribution in [2.75, 3.05) is 6.61 Å². The molecule has 0 bridgehead atoms. The van der Waals surface area contributed by atoms with Crippen molar-refractivity contribution >= 4 is 41.5 Å². The van der Waals surface area contributed by atoms with Gasteiger partial charge in [-0.15, -0.1) is 0 Å². The molecule has 0 aliphatic rings. The zero-order chi connectivity index (χ0) is 25.7. The van der Waals surface area contributed by atoms with Gasteiger partial charge in [-0.3, -0.25) is 28.8 Å². The molecule has 0 saturated carbocycles. The summed E-state index contributed by atoms with van der Waals surface area (Å²) < 4.78 is 0. The van der Waals surface area contributed by atoms with Crippen LogP contribution in [0.4, 0.5) is 0 Å². The van der Waals surface area contributed by atoms with Gasteiger partial charge in [-0.25, -0.2) is 4.79 Å². The third-order valence-electron chi connectivity index (χ3n) is 4.13. The molecule has 0 spiro atoms. The molecule has 0 aliphatic carbocycles. The maximum Gasteiger partial charge on any atom is 0.326 e. The van der Waals surface area contributed by atoms with Gasteiger partial charge < -0.3 is 47.8 Å². The van der Waals surface area contributed by atoms with Crippen molar-refractivity contribution in [2.24, 2.45) is 11.5 Å². The average Bonchev–Trinajstić information content (AvgIpc) is 2.71. The van der Waals surface area contributed by atoms with E-state index in [-0.39, 0.29) is 19.3 Å². The van der Waals surface area contributed by atoms with Gasteiger partial charge in [-0.05, 0) is 12.8 Å². The summed E-state index contributed by atoms with van der Waals surface area (Å²) in [6, 6.07) is -6.43. The van der Waals surface area contributed by atoms with Crippen LogP contribution in [-0.4, -0.2) is 92.7 Å². The fourth-order valence-electron chi connectivity index (χ4n) is 2.36. The number of hydrogen-bond donors (Lipinski definition) is 9. The number of aliphatic carboxylic acids is 3. The van der Waals surface area contributed by atoms with E-state index in [9.17, 15) is 38.7 Å². The number of rotatable bonds is 16. The van der Waals surface area contributed by atoms with Crippen molar-refractivity contribution in [3.8, 4) is 0 Å². The maximum atomic E-state index is 12.4. The van der Waals surface area contributed by atoms with E-state index in [4.69, 9.17) is 26.8 Å². The lowest BCUT2D eigenvalue weighted by molar-refractivity contribution is -0.144. The second-order valence-electron chi connectivity index (χ2n) is 6.85. The van der Waals surface area contributed by atoms with Gasteiger partial charge in [0.25, 0.3) is 0 Å². The highest BCUT2D eigenvalue weighted by molar-refractivity contribution is 5.95. The summed E-state index contributed by atoms with van der Waals surface area (Å²) >= 11 is 0. The molecular formula is C17H27N5O11. The Morgan fingerprint density at radius 2 is 1.21 bits per heavy atom.